The second kappa shape index (κ2) is 8.05. The Kier molecular flexibility index (Phi) is 6.67. The highest BCUT2D eigenvalue weighted by Gasteiger charge is 2.24. The van der Waals surface area contributed by atoms with Gasteiger partial charge in [-0.2, -0.15) is 0 Å². The summed E-state index contributed by atoms with van der Waals surface area (Å²) in [6.45, 7) is 3.96. The molecular formula is C12H23N3O3. The van der Waals surface area contributed by atoms with Crippen molar-refractivity contribution in [1.29, 1.82) is 0 Å². The molecule has 1 saturated heterocycles. The molecule has 104 valence electrons. The normalized spacial score (nSPS) is 23.4. The lowest BCUT2D eigenvalue weighted by molar-refractivity contribution is -0.127. The third-order valence-electron chi connectivity index (χ3n) is 3.03. The molecule has 2 unspecified atom stereocenters. The van der Waals surface area contributed by atoms with Crippen LogP contribution in [0.25, 0.3) is 0 Å². The fraction of sp³-hybridized carbons (Fsp3) is 0.833. The van der Waals surface area contributed by atoms with Gasteiger partial charge in [0.1, 0.15) is 0 Å². The largest absolute Gasteiger partial charge is 0.383 e. The fourth-order valence-corrected chi connectivity index (χ4v) is 1.95. The van der Waals surface area contributed by atoms with Crippen LogP contribution in [-0.4, -0.2) is 51.2 Å². The molecule has 0 spiro atoms. The molecule has 6 nitrogen and oxygen atoms in total. The summed E-state index contributed by atoms with van der Waals surface area (Å²) in [7, 11) is 1.57. The zero-order valence-electron chi connectivity index (χ0n) is 11.1. The van der Waals surface area contributed by atoms with Gasteiger partial charge in [-0.3, -0.25) is 9.59 Å². The fourth-order valence-electron chi connectivity index (χ4n) is 1.95. The molecule has 0 aromatic heterocycles. The van der Waals surface area contributed by atoms with E-state index in [1.54, 1.807) is 7.11 Å². The van der Waals surface area contributed by atoms with Crippen LogP contribution >= 0.6 is 0 Å². The maximum Gasteiger partial charge on any atom is 0.239 e. The molecule has 6 heteroatoms. The Morgan fingerprint density at radius 3 is 2.83 bits per heavy atom. The van der Waals surface area contributed by atoms with E-state index in [1.165, 1.54) is 0 Å². The molecule has 2 atom stereocenters. The average Bonchev–Trinajstić information content (AvgIpc) is 2.36. The summed E-state index contributed by atoms with van der Waals surface area (Å²) in [4.78, 5) is 23.2. The topological polar surface area (TPSA) is 79.5 Å². The number of hydrogen-bond donors (Lipinski definition) is 3. The number of methoxy groups -OCH3 is 1. The van der Waals surface area contributed by atoms with Gasteiger partial charge in [0.25, 0.3) is 0 Å². The van der Waals surface area contributed by atoms with E-state index in [-0.39, 0.29) is 24.4 Å². The number of rotatable bonds is 6. The highest BCUT2D eigenvalue weighted by Crippen LogP contribution is 2.14. The van der Waals surface area contributed by atoms with Crippen molar-refractivity contribution in [3.63, 3.8) is 0 Å². The van der Waals surface area contributed by atoms with Crippen LogP contribution in [-0.2, 0) is 14.3 Å². The van der Waals surface area contributed by atoms with Crippen molar-refractivity contribution in [1.82, 2.24) is 16.0 Å². The molecule has 0 radical (unpaired) electrons. The van der Waals surface area contributed by atoms with Crippen molar-refractivity contribution in [3.05, 3.63) is 0 Å². The molecule has 0 saturated carbocycles. The Balaban J connectivity index is 2.17. The molecular weight excluding hydrogens is 234 g/mol. The van der Waals surface area contributed by atoms with E-state index in [1.807, 2.05) is 0 Å². The molecule has 0 bridgehead atoms. The summed E-state index contributed by atoms with van der Waals surface area (Å²) in [6.07, 6.45) is 1.93. The first-order valence-electron chi connectivity index (χ1n) is 6.40. The van der Waals surface area contributed by atoms with E-state index in [0.29, 0.717) is 19.1 Å². The lowest BCUT2D eigenvalue weighted by atomic mass is 9.94. The lowest BCUT2D eigenvalue weighted by Gasteiger charge is -2.27. The number of piperidine rings is 1. The molecule has 1 fully saturated rings. The number of nitrogens with one attached hydrogen (secondary N) is 3. The van der Waals surface area contributed by atoms with Crippen LogP contribution in [0.15, 0.2) is 0 Å². The van der Waals surface area contributed by atoms with Crippen LogP contribution < -0.4 is 16.0 Å². The highest BCUT2D eigenvalue weighted by molar-refractivity contribution is 5.87. The first-order valence-corrected chi connectivity index (χ1v) is 6.40. The molecule has 1 heterocycles. The summed E-state index contributed by atoms with van der Waals surface area (Å²) in [6, 6.07) is -0.166. The van der Waals surface area contributed by atoms with Crippen molar-refractivity contribution in [3.8, 4) is 0 Å². The first-order chi connectivity index (χ1) is 8.63. The van der Waals surface area contributed by atoms with E-state index >= 15 is 0 Å². The van der Waals surface area contributed by atoms with Gasteiger partial charge in [0.2, 0.25) is 11.8 Å². The molecule has 3 N–H and O–H groups in total. The predicted molar refractivity (Wildman–Crippen MR) is 68.1 cm³/mol. The zero-order chi connectivity index (χ0) is 13.4. The van der Waals surface area contributed by atoms with Gasteiger partial charge in [0, 0.05) is 13.7 Å². The number of hydrogen-bond acceptors (Lipinski definition) is 4. The smallest absolute Gasteiger partial charge is 0.239 e. The molecule has 0 aromatic rings. The summed E-state index contributed by atoms with van der Waals surface area (Å²) in [5, 5.41) is 8.46. The van der Waals surface area contributed by atoms with Gasteiger partial charge in [-0.25, -0.2) is 0 Å². The van der Waals surface area contributed by atoms with Gasteiger partial charge < -0.3 is 20.7 Å². The number of ether oxygens (including phenoxy) is 1. The number of amides is 2. The molecule has 1 rings (SSSR count). The van der Waals surface area contributed by atoms with Gasteiger partial charge in [0.05, 0.1) is 19.2 Å². The standard InChI is InChI=1S/C12H23N3O3/c1-9-3-4-13-10(7-9)12(17)15-8-11(16)14-5-6-18-2/h9-10,13H,3-8H2,1-2H3,(H,14,16)(H,15,17). The summed E-state index contributed by atoms with van der Waals surface area (Å²) in [5.41, 5.74) is 0. The van der Waals surface area contributed by atoms with Crippen LogP contribution in [0.5, 0.6) is 0 Å². The van der Waals surface area contributed by atoms with Crippen molar-refractivity contribution in [2.45, 2.75) is 25.8 Å². The summed E-state index contributed by atoms with van der Waals surface area (Å²) < 4.78 is 4.81. The van der Waals surface area contributed by atoms with E-state index in [9.17, 15) is 9.59 Å². The van der Waals surface area contributed by atoms with Gasteiger partial charge in [-0.15, -0.1) is 0 Å². The van der Waals surface area contributed by atoms with Crippen molar-refractivity contribution in [2.75, 3.05) is 33.4 Å². The van der Waals surface area contributed by atoms with Crippen LogP contribution in [0.3, 0.4) is 0 Å². The Bertz CT molecular complexity index is 284. The van der Waals surface area contributed by atoms with Crippen LogP contribution in [0, 0.1) is 5.92 Å². The van der Waals surface area contributed by atoms with Gasteiger partial charge in [0.15, 0.2) is 0 Å². The maximum absolute atomic E-state index is 11.8. The van der Waals surface area contributed by atoms with Gasteiger partial charge in [-0.1, -0.05) is 6.92 Å². The SMILES string of the molecule is COCCNC(=O)CNC(=O)C1CC(C)CCN1. The average molecular weight is 257 g/mol. The number of carbonyl (C=O) groups is 2. The molecule has 0 aromatic carbocycles. The highest BCUT2D eigenvalue weighted by atomic mass is 16.5. The minimum atomic E-state index is -0.191. The third-order valence-corrected chi connectivity index (χ3v) is 3.03. The Labute approximate surface area is 108 Å². The second-order valence-electron chi connectivity index (χ2n) is 4.70. The van der Waals surface area contributed by atoms with Crippen molar-refractivity contribution >= 4 is 11.8 Å². The quantitative estimate of drug-likeness (QED) is 0.547. The lowest BCUT2D eigenvalue weighted by Crippen LogP contribution is -2.50. The van der Waals surface area contributed by atoms with E-state index < -0.39 is 0 Å². The monoisotopic (exact) mass is 257 g/mol. The van der Waals surface area contributed by atoms with E-state index in [2.05, 4.69) is 22.9 Å². The van der Waals surface area contributed by atoms with Gasteiger partial charge >= 0.3 is 0 Å². The zero-order valence-corrected chi connectivity index (χ0v) is 11.1. The Hall–Kier alpha value is -1.14. The molecule has 1 aliphatic heterocycles. The minimum Gasteiger partial charge on any atom is -0.383 e. The van der Waals surface area contributed by atoms with Gasteiger partial charge in [-0.05, 0) is 25.3 Å². The summed E-state index contributed by atoms with van der Waals surface area (Å²) in [5.74, 6) is 0.269. The van der Waals surface area contributed by atoms with Crippen LogP contribution in [0.2, 0.25) is 0 Å². The number of carbonyl (C=O) groups excluding carboxylic acids is 2. The summed E-state index contributed by atoms with van der Waals surface area (Å²) >= 11 is 0. The van der Waals surface area contributed by atoms with Crippen LogP contribution in [0.4, 0.5) is 0 Å². The first kappa shape index (κ1) is 14.9. The molecule has 0 aliphatic carbocycles. The third kappa shape index (κ3) is 5.46. The molecule has 1 aliphatic rings. The Morgan fingerprint density at radius 1 is 1.39 bits per heavy atom. The van der Waals surface area contributed by atoms with Crippen LogP contribution in [0.1, 0.15) is 19.8 Å². The molecule has 18 heavy (non-hydrogen) atoms. The van der Waals surface area contributed by atoms with E-state index in [0.717, 1.165) is 19.4 Å². The second-order valence-corrected chi connectivity index (χ2v) is 4.70. The minimum absolute atomic E-state index is 0.0229. The molecule has 2 amide bonds. The Morgan fingerprint density at radius 2 is 2.17 bits per heavy atom. The maximum atomic E-state index is 11.8. The van der Waals surface area contributed by atoms with Crippen molar-refractivity contribution < 1.29 is 14.3 Å². The van der Waals surface area contributed by atoms with E-state index in [4.69, 9.17) is 4.74 Å². The van der Waals surface area contributed by atoms with Crippen molar-refractivity contribution in [2.24, 2.45) is 5.92 Å². The predicted octanol–water partition coefficient (Wildman–Crippen LogP) is -0.747.